The van der Waals surface area contributed by atoms with Crippen LogP contribution in [0, 0.1) is 11.7 Å². The van der Waals surface area contributed by atoms with Crippen molar-refractivity contribution < 1.29 is 13.9 Å². The summed E-state index contributed by atoms with van der Waals surface area (Å²) < 4.78 is 20.3. The second-order valence-corrected chi connectivity index (χ2v) is 6.18. The zero-order chi connectivity index (χ0) is 17.8. The van der Waals surface area contributed by atoms with Crippen LogP contribution < -0.4 is 10.3 Å². The highest BCUT2D eigenvalue weighted by Gasteiger charge is 2.26. The van der Waals surface area contributed by atoms with Gasteiger partial charge in [-0.05, 0) is 31.0 Å². The van der Waals surface area contributed by atoms with E-state index in [0.29, 0.717) is 19.7 Å². The number of benzene rings is 1. The summed E-state index contributed by atoms with van der Waals surface area (Å²) in [5, 5.41) is 4.01. The van der Waals surface area contributed by atoms with Gasteiger partial charge in [0, 0.05) is 32.1 Å². The largest absolute Gasteiger partial charge is 0.490 e. The van der Waals surface area contributed by atoms with Crippen LogP contribution in [0.4, 0.5) is 4.39 Å². The van der Waals surface area contributed by atoms with Gasteiger partial charge in [0.2, 0.25) is 0 Å². The number of amides is 1. The Morgan fingerprint density at radius 2 is 2.12 bits per heavy atom. The van der Waals surface area contributed by atoms with Crippen LogP contribution in [-0.4, -0.2) is 40.3 Å². The minimum atomic E-state index is -0.388. The fourth-order valence-corrected chi connectivity index (χ4v) is 2.93. The number of likely N-dealkylation sites (tertiary alicyclic amines) is 1. The number of halogens is 1. The number of rotatable bonds is 4. The minimum Gasteiger partial charge on any atom is -0.490 e. The molecule has 1 aliphatic rings. The molecule has 0 spiro atoms. The molecule has 132 valence electrons. The maximum Gasteiger partial charge on any atom is 0.274 e. The third kappa shape index (κ3) is 4.04. The van der Waals surface area contributed by atoms with Gasteiger partial charge in [0.1, 0.15) is 5.69 Å². The van der Waals surface area contributed by atoms with E-state index >= 15 is 0 Å². The lowest BCUT2D eigenvalue weighted by atomic mass is 9.98. The normalized spacial score (nSPS) is 17.4. The number of carbonyl (C=O) groups is 1. The molecule has 0 bridgehead atoms. The lowest BCUT2D eigenvalue weighted by Gasteiger charge is -2.32. The van der Waals surface area contributed by atoms with Crippen LogP contribution in [0.2, 0.25) is 0 Å². The molecule has 0 radical (unpaired) electrons. The number of para-hydroxylation sites is 1. The van der Waals surface area contributed by atoms with Crippen molar-refractivity contribution in [3.05, 3.63) is 58.3 Å². The number of carbonyl (C=O) groups excluding carboxylic acids is 1. The van der Waals surface area contributed by atoms with Crippen molar-refractivity contribution in [2.45, 2.75) is 12.8 Å². The van der Waals surface area contributed by atoms with Gasteiger partial charge in [0.15, 0.2) is 11.6 Å². The molecular formula is C18H20FN3O3. The number of nitrogens with zero attached hydrogens (tertiary/aromatic N) is 3. The van der Waals surface area contributed by atoms with Crippen LogP contribution in [0.5, 0.6) is 5.75 Å². The molecule has 1 atom stereocenters. The summed E-state index contributed by atoms with van der Waals surface area (Å²) in [5.74, 6) is -0.234. The van der Waals surface area contributed by atoms with Crippen LogP contribution in [0.3, 0.4) is 0 Å². The fourth-order valence-electron chi connectivity index (χ4n) is 2.93. The van der Waals surface area contributed by atoms with Gasteiger partial charge in [0.05, 0.1) is 6.61 Å². The highest BCUT2D eigenvalue weighted by molar-refractivity contribution is 5.92. The Bertz CT molecular complexity index is 821. The smallest absolute Gasteiger partial charge is 0.274 e. The Kier molecular flexibility index (Phi) is 5.11. The second-order valence-electron chi connectivity index (χ2n) is 6.18. The molecule has 6 nitrogen and oxygen atoms in total. The Balaban J connectivity index is 1.62. The standard InChI is InChI=1S/C18H20FN3O3/c1-21-17(23)9-8-15(20-21)18(24)22-10-4-5-13(11-22)12-25-16-7-3-2-6-14(16)19/h2-3,6-9,13H,4-5,10-12H2,1H3. The molecule has 1 saturated heterocycles. The Morgan fingerprint density at radius 3 is 2.88 bits per heavy atom. The zero-order valence-corrected chi connectivity index (χ0v) is 14.0. The summed E-state index contributed by atoms with van der Waals surface area (Å²) in [6.45, 7) is 1.52. The number of ether oxygens (including phenoxy) is 1. The molecular weight excluding hydrogens is 325 g/mol. The Hall–Kier alpha value is -2.70. The average Bonchev–Trinajstić information content (AvgIpc) is 2.63. The van der Waals surface area contributed by atoms with Crippen molar-refractivity contribution in [3.8, 4) is 5.75 Å². The summed E-state index contributed by atoms with van der Waals surface area (Å²) in [6, 6.07) is 9.07. The SMILES string of the molecule is Cn1nc(C(=O)N2CCCC(COc3ccccc3F)C2)ccc1=O. The van der Waals surface area contributed by atoms with E-state index in [9.17, 15) is 14.0 Å². The van der Waals surface area contributed by atoms with E-state index in [4.69, 9.17) is 4.74 Å². The third-order valence-corrected chi connectivity index (χ3v) is 4.30. The molecule has 0 saturated carbocycles. The van der Waals surface area contributed by atoms with Gasteiger partial charge in [-0.15, -0.1) is 0 Å². The van der Waals surface area contributed by atoms with Crippen LogP contribution in [0.25, 0.3) is 0 Å². The summed E-state index contributed by atoms with van der Waals surface area (Å²) in [6.07, 6.45) is 1.77. The van der Waals surface area contributed by atoms with Gasteiger partial charge >= 0.3 is 0 Å². The maximum absolute atomic E-state index is 13.6. The van der Waals surface area contributed by atoms with Crippen molar-refractivity contribution in [3.63, 3.8) is 0 Å². The first kappa shape index (κ1) is 17.1. The van der Waals surface area contributed by atoms with Crippen LogP contribution in [0.15, 0.2) is 41.2 Å². The van der Waals surface area contributed by atoms with Crippen molar-refractivity contribution >= 4 is 5.91 Å². The summed E-state index contributed by atoms with van der Waals surface area (Å²) in [4.78, 5) is 25.7. The molecule has 1 fully saturated rings. The van der Waals surface area contributed by atoms with Crippen molar-refractivity contribution in [1.29, 1.82) is 0 Å². The van der Waals surface area contributed by atoms with Crippen LogP contribution >= 0.6 is 0 Å². The first-order chi connectivity index (χ1) is 12.0. The molecule has 2 aromatic rings. The molecule has 25 heavy (non-hydrogen) atoms. The van der Waals surface area contributed by atoms with E-state index < -0.39 is 0 Å². The van der Waals surface area contributed by atoms with Crippen LogP contribution in [-0.2, 0) is 7.05 Å². The highest BCUT2D eigenvalue weighted by Crippen LogP contribution is 2.21. The first-order valence-corrected chi connectivity index (χ1v) is 8.25. The number of aromatic nitrogens is 2. The van der Waals surface area contributed by atoms with Crippen molar-refractivity contribution in [2.75, 3.05) is 19.7 Å². The monoisotopic (exact) mass is 345 g/mol. The average molecular weight is 345 g/mol. The molecule has 1 aromatic heterocycles. The maximum atomic E-state index is 13.6. The molecule has 1 aromatic carbocycles. The lowest BCUT2D eigenvalue weighted by Crippen LogP contribution is -2.42. The summed E-state index contributed by atoms with van der Waals surface area (Å²) in [7, 11) is 1.51. The van der Waals surface area contributed by atoms with Crippen LogP contribution in [0.1, 0.15) is 23.3 Å². The fraction of sp³-hybridized carbons (Fsp3) is 0.389. The van der Waals surface area contributed by atoms with Crippen molar-refractivity contribution in [1.82, 2.24) is 14.7 Å². The number of hydrogen-bond acceptors (Lipinski definition) is 4. The van der Waals surface area contributed by atoms with Crippen molar-refractivity contribution in [2.24, 2.45) is 13.0 Å². The second kappa shape index (κ2) is 7.46. The number of piperidine rings is 1. The highest BCUT2D eigenvalue weighted by atomic mass is 19.1. The molecule has 1 amide bonds. The predicted molar refractivity (Wildman–Crippen MR) is 90.0 cm³/mol. The zero-order valence-electron chi connectivity index (χ0n) is 14.0. The van der Waals surface area contributed by atoms with E-state index in [1.165, 1.54) is 25.2 Å². The van der Waals surface area contributed by atoms with E-state index in [1.54, 1.807) is 23.1 Å². The molecule has 3 rings (SSSR count). The van der Waals surface area contributed by atoms with E-state index in [0.717, 1.165) is 17.5 Å². The minimum absolute atomic E-state index is 0.129. The molecule has 1 aliphatic heterocycles. The first-order valence-electron chi connectivity index (χ1n) is 8.25. The topological polar surface area (TPSA) is 64.4 Å². The Labute approximate surface area is 144 Å². The number of aryl methyl sites for hydroxylation is 1. The van der Waals surface area contributed by atoms with Gasteiger partial charge < -0.3 is 9.64 Å². The summed E-state index contributed by atoms with van der Waals surface area (Å²) >= 11 is 0. The van der Waals surface area contributed by atoms with E-state index in [1.807, 2.05) is 0 Å². The van der Waals surface area contributed by atoms with Gasteiger partial charge in [-0.25, -0.2) is 9.07 Å². The van der Waals surface area contributed by atoms with Gasteiger partial charge in [0.25, 0.3) is 11.5 Å². The molecule has 0 N–H and O–H groups in total. The summed E-state index contributed by atoms with van der Waals surface area (Å²) in [5.41, 5.74) is -0.0101. The predicted octanol–water partition coefficient (Wildman–Crippen LogP) is 1.85. The quantitative estimate of drug-likeness (QED) is 0.848. The molecule has 7 heteroatoms. The molecule has 0 aliphatic carbocycles. The molecule has 1 unspecified atom stereocenters. The van der Waals surface area contributed by atoms with E-state index in [-0.39, 0.29) is 34.6 Å². The van der Waals surface area contributed by atoms with Gasteiger partial charge in [-0.1, -0.05) is 12.1 Å². The molecule has 2 heterocycles. The Morgan fingerprint density at radius 1 is 1.32 bits per heavy atom. The van der Waals surface area contributed by atoms with E-state index in [2.05, 4.69) is 5.10 Å². The number of hydrogen-bond donors (Lipinski definition) is 0. The lowest BCUT2D eigenvalue weighted by molar-refractivity contribution is 0.0623. The third-order valence-electron chi connectivity index (χ3n) is 4.30. The van der Waals surface area contributed by atoms with Gasteiger partial charge in [-0.2, -0.15) is 5.10 Å². The van der Waals surface area contributed by atoms with Gasteiger partial charge in [-0.3, -0.25) is 9.59 Å².